The Morgan fingerprint density at radius 1 is 1.62 bits per heavy atom. The molecule has 0 saturated carbocycles. The molecule has 1 aromatic rings. The van der Waals surface area contributed by atoms with Gasteiger partial charge in [-0.15, -0.1) is 0 Å². The van der Waals surface area contributed by atoms with E-state index in [2.05, 4.69) is 15.3 Å². The average Bonchev–Trinajstić information content (AvgIpc) is 2.01. The summed E-state index contributed by atoms with van der Waals surface area (Å²) >= 11 is 0. The molecular weight excluding hydrogens is 166 g/mol. The van der Waals surface area contributed by atoms with Crippen LogP contribution in [-0.4, -0.2) is 29.2 Å². The van der Waals surface area contributed by atoms with Crippen molar-refractivity contribution in [3.8, 4) is 0 Å². The molecular formula is C9H13N3O. The third-order valence-electron chi connectivity index (χ3n) is 2.04. The predicted octanol–water partition coefficient (Wildman–Crippen LogP) is 0.273. The Morgan fingerprint density at radius 2 is 2.46 bits per heavy atom. The highest BCUT2D eigenvalue weighted by Gasteiger charge is 2.16. The molecule has 1 aromatic heterocycles. The van der Waals surface area contributed by atoms with Crippen molar-refractivity contribution in [2.75, 3.05) is 13.2 Å². The van der Waals surface area contributed by atoms with Gasteiger partial charge in [0.1, 0.15) is 5.82 Å². The van der Waals surface area contributed by atoms with Crippen LogP contribution in [0, 0.1) is 6.92 Å². The lowest BCUT2D eigenvalue weighted by Crippen LogP contribution is -2.45. The third-order valence-corrected chi connectivity index (χ3v) is 2.04. The van der Waals surface area contributed by atoms with Crippen LogP contribution in [0.15, 0.2) is 12.3 Å². The van der Waals surface area contributed by atoms with E-state index in [1.807, 2.05) is 13.0 Å². The zero-order chi connectivity index (χ0) is 9.10. The number of nitrogens with zero attached hydrogens (tertiary/aromatic N) is 2. The SMILES string of the molecule is Cc1nccc(CNC2COC2)n1. The molecule has 1 aliphatic rings. The Morgan fingerprint density at radius 3 is 3.08 bits per heavy atom. The Balaban J connectivity index is 1.86. The number of aromatic nitrogens is 2. The minimum absolute atomic E-state index is 0.510. The number of hydrogen-bond acceptors (Lipinski definition) is 4. The number of rotatable bonds is 3. The van der Waals surface area contributed by atoms with Crippen molar-refractivity contribution in [2.24, 2.45) is 0 Å². The smallest absolute Gasteiger partial charge is 0.125 e. The van der Waals surface area contributed by atoms with E-state index < -0.39 is 0 Å². The van der Waals surface area contributed by atoms with E-state index in [9.17, 15) is 0 Å². The van der Waals surface area contributed by atoms with Crippen molar-refractivity contribution in [1.82, 2.24) is 15.3 Å². The second kappa shape index (κ2) is 3.81. The summed E-state index contributed by atoms with van der Waals surface area (Å²) in [7, 11) is 0. The van der Waals surface area contributed by atoms with E-state index in [1.165, 1.54) is 0 Å². The molecule has 0 aromatic carbocycles. The van der Waals surface area contributed by atoms with Crippen molar-refractivity contribution in [3.05, 3.63) is 23.8 Å². The molecule has 0 amide bonds. The molecule has 70 valence electrons. The molecule has 1 saturated heterocycles. The van der Waals surface area contributed by atoms with Crippen molar-refractivity contribution in [1.29, 1.82) is 0 Å². The summed E-state index contributed by atoms with van der Waals surface area (Å²) in [4.78, 5) is 8.33. The molecule has 0 unspecified atom stereocenters. The molecule has 2 heterocycles. The number of nitrogens with one attached hydrogen (secondary N) is 1. The maximum absolute atomic E-state index is 5.05. The minimum atomic E-state index is 0.510. The van der Waals surface area contributed by atoms with Crippen molar-refractivity contribution in [3.63, 3.8) is 0 Å². The number of aryl methyl sites for hydroxylation is 1. The summed E-state index contributed by atoms with van der Waals surface area (Å²) in [5.41, 5.74) is 1.04. The van der Waals surface area contributed by atoms with E-state index >= 15 is 0 Å². The molecule has 4 heteroatoms. The van der Waals surface area contributed by atoms with Gasteiger partial charge >= 0.3 is 0 Å². The van der Waals surface area contributed by atoms with Crippen LogP contribution in [0.5, 0.6) is 0 Å². The van der Waals surface area contributed by atoms with Crippen LogP contribution in [0.3, 0.4) is 0 Å². The Bertz CT molecular complexity index is 286. The molecule has 4 nitrogen and oxygen atoms in total. The summed E-state index contributed by atoms with van der Waals surface area (Å²) in [6, 6.07) is 2.44. The lowest BCUT2D eigenvalue weighted by Gasteiger charge is -2.26. The first-order valence-electron chi connectivity index (χ1n) is 4.44. The van der Waals surface area contributed by atoms with Gasteiger partial charge in [-0.25, -0.2) is 9.97 Å². The second-order valence-electron chi connectivity index (χ2n) is 3.21. The fourth-order valence-corrected chi connectivity index (χ4v) is 1.21. The lowest BCUT2D eigenvalue weighted by atomic mass is 10.2. The van der Waals surface area contributed by atoms with Gasteiger partial charge < -0.3 is 10.1 Å². The van der Waals surface area contributed by atoms with Crippen molar-refractivity contribution in [2.45, 2.75) is 19.5 Å². The lowest BCUT2D eigenvalue weighted by molar-refractivity contribution is -0.00591. The molecule has 0 spiro atoms. The quantitative estimate of drug-likeness (QED) is 0.723. The first-order chi connectivity index (χ1) is 6.34. The first kappa shape index (κ1) is 8.59. The van der Waals surface area contributed by atoms with Gasteiger partial charge in [-0.05, 0) is 13.0 Å². The van der Waals surface area contributed by atoms with Crippen LogP contribution in [0.25, 0.3) is 0 Å². The fourth-order valence-electron chi connectivity index (χ4n) is 1.21. The van der Waals surface area contributed by atoms with E-state index in [0.29, 0.717) is 6.04 Å². The summed E-state index contributed by atoms with van der Waals surface area (Å²) in [5.74, 6) is 0.823. The van der Waals surface area contributed by atoms with Gasteiger partial charge in [-0.2, -0.15) is 0 Å². The van der Waals surface area contributed by atoms with Crippen LogP contribution in [0.2, 0.25) is 0 Å². The normalized spacial score (nSPS) is 17.0. The molecule has 13 heavy (non-hydrogen) atoms. The maximum Gasteiger partial charge on any atom is 0.125 e. The van der Waals surface area contributed by atoms with Gasteiger partial charge in [0, 0.05) is 12.7 Å². The molecule has 2 rings (SSSR count). The third kappa shape index (κ3) is 2.23. The molecule has 0 bridgehead atoms. The summed E-state index contributed by atoms with van der Waals surface area (Å²) in [6.07, 6.45) is 1.79. The minimum Gasteiger partial charge on any atom is -0.378 e. The Hall–Kier alpha value is -1.00. The van der Waals surface area contributed by atoms with Gasteiger partial charge in [0.15, 0.2) is 0 Å². The zero-order valence-electron chi connectivity index (χ0n) is 7.66. The predicted molar refractivity (Wildman–Crippen MR) is 48.2 cm³/mol. The van der Waals surface area contributed by atoms with Crippen LogP contribution < -0.4 is 5.32 Å². The monoisotopic (exact) mass is 179 g/mol. The highest BCUT2D eigenvalue weighted by molar-refractivity contribution is 5.01. The molecule has 1 N–H and O–H groups in total. The summed E-state index contributed by atoms with van der Waals surface area (Å²) < 4.78 is 5.05. The highest BCUT2D eigenvalue weighted by atomic mass is 16.5. The maximum atomic E-state index is 5.05. The van der Waals surface area contributed by atoms with Gasteiger partial charge in [-0.1, -0.05) is 0 Å². The van der Waals surface area contributed by atoms with E-state index in [1.54, 1.807) is 6.20 Å². The molecule has 0 radical (unpaired) electrons. The summed E-state index contributed by atoms with van der Waals surface area (Å²) in [6.45, 7) is 4.35. The number of ether oxygens (including phenoxy) is 1. The van der Waals surface area contributed by atoms with E-state index in [-0.39, 0.29) is 0 Å². The van der Waals surface area contributed by atoms with E-state index in [0.717, 1.165) is 31.3 Å². The van der Waals surface area contributed by atoms with Gasteiger partial charge in [0.25, 0.3) is 0 Å². The van der Waals surface area contributed by atoms with Gasteiger partial charge in [0.05, 0.1) is 24.9 Å². The average molecular weight is 179 g/mol. The zero-order valence-corrected chi connectivity index (χ0v) is 7.66. The topological polar surface area (TPSA) is 47.0 Å². The largest absolute Gasteiger partial charge is 0.378 e. The van der Waals surface area contributed by atoms with Crippen molar-refractivity contribution < 1.29 is 4.74 Å². The molecule has 0 aliphatic carbocycles. The molecule has 1 aliphatic heterocycles. The van der Waals surface area contributed by atoms with Crippen LogP contribution in [0.1, 0.15) is 11.5 Å². The number of hydrogen-bond donors (Lipinski definition) is 1. The summed E-state index contributed by atoms with van der Waals surface area (Å²) in [5, 5.41) is 3.35. The molecule has 1 fully saturated rings. The Kier molecular flexibility index (Phi) is 2.52. The van der Waals surface area contributed by atoms with Crippen LogP contribution in [-0.2, 0) is 11.3 Å². The van der Waals surface area contributed by atoms with Gasteiger partial charge in [-0.3, -0.25) is 0 Å². The highest BCUT2D eigenvalue weighted by Crippen LogP contribution is 2.01. The second-order valence-corrected chi connectivity index (χ2v) is 3.21. The standard InChI is InChI=1S/C9H13N3O/c1-7-10-3-2-8(12-7)4-11-9-5-13-6-9/h2-3,9,11H,4-6H2,1H3. The van der Waals surface area contributed by atoms with Crippen LogP contribution >= 0.6 is 0 Å². The van der Waals surface area contributed by atoms with E-state index in [4.69, 9.17) is 4.74 Å². The fraction of sp³-hybridized carbons (Fsp3) is 0.556. The van der Waals surface area contributed by atoms with Gasteiger partial charge in [0.2, 0.25) is 0 Å². The Labute approximate surface area is 77.4 Å². The van der Waals surface area contributed by atoms with Crippen molar-refractivity contribution >= 4 is 0 Å². The first-order valence-corrected chi connectivity index (χ1v) is 4.44. The van der Waals surface area contributed by atoms with Crippen LogP contribution in [0.4, 0.5) is 0 Å². The molecule has 0 atom stereocenters.